The van der Waals surface area contributed by atoms with Crippen LogP contribution >= 0.6 is 23.2 Å². The maximum Gasteiger partial charge on any atom is 0.285 e. The minimum absolute atomic E-state index is 0.0154. The van der Waals surface area contributed by atoms with Gasteiger partial charge in [0.05, 0.1) is 17.7 Å². The van der Waals surface area contributed by atoms with Gasteiger partial charge in [0.2, 0.25) is 0 Å². The maximum absolute atomic E-state index is 11.8. The van der Waals surface area contributed by atoms with Crippen LogP contribution in [0.4, 0.5) is 0 Å². The fourth-order valence-electron chi connectivity index (χ4n) is 1.46. The summed E-state index contributed by atoms with van der Waals surface area (Å²) >= 11 is 10.8. The fourth-order valence-corrected chi connectivity index (χ4v) is 1.59. The smallest absolute Gasteiger partial charge is 0.266 e. The lowest BCUT2D eigenvalue weighted by atomic mass is 10.1. The third-order valence-corrected chi connectivity index (χ3v) is 2.51. The highest BCUT2D eigenvalue weighted by Gasteiger charge is 2.36. The molecule has 1 aliphatic rings. The number of hydroxylamine groups is 2. The molecule has 88 valence electrons. The monoisotopic (exact) mass is 271 g/mol. The molecule has 0 atom stereocenters. The fraction of sp³-hybridized carbons (Fsp3) is 0.0909. The average molecular weight is 272 g/mol. The molecule has 0 N–H and O–H groups in total. The van der Waals surface area contributed by atoms with Crippen molar-refractivity contribution < 1.29 is 14.4 Å². The molecule has 0 radical (unpaired) electrons. The SMILES string of the molecule is O=C1c2ccccc2C(=O)N1OCC=C(Cl)Cl. The zero-order chi connectivity index (χ0) is 12.4. The van der Waals surface area contributed by atoms with Crippen molar-refractivity contribution in [2.24, 2.45) is 0 Å². The van der Waals surface area contributed by atoms with Gasteiger partial charge in [0, 0.05) is 0 Å². The highest BCUT2D eigenvalue weighted by Crippen LogP contribution is 2.22. The second kappa shape index (κ2) is 4.87. The normalized spacial score (nSPS) is 13.9. The number of fused-ring (bicyclic) bond motifs is 1. The first kappa shape index (κ1) is 12.1. The van der Waals surface area contributed by atoms with Crippen LogP contribution in [0.5, 0.6) is 0 Å². The van der Waals surface area contributed by atoms with Crippen LogP contribution in [0.1, 0.15) is 20.7 Å². The molecule has 0 saturated heterocycles. The summed E-state index contributed by atoms with van der Waals surface area (Å²) in [6, 6.07) is 6.51. The van der Waals surface area contributed by atoms with Crippen LogP contribution in [0.3, 0.4) is 0 Å². The molecule has 0 bridgehead atoms. The van der Waals surface area contributed by atoms with E-state index in [4.69, 9.17) is 28.0 Å². The molecule has 17 heavy (non-hydrogen) atoms. The van der Waals surface area contributed by atoms with Crippen molar-refractivity contribution in [3.05, 3.63) is 46.0 Å². The van der Waals surface area contributed by atoms with E-state index in [9.17, 15) is 9.59 Å². The molecular weight excluding hydrogens is 265 g/mol. The van der Waals surface area contributed by atoms with Crippen molar-refractivity contribution in [3.8, 4) is 0 Å². The average Bonchev–Trinajstić information content (AvgIpc) is 2.54. The van der Waals surface area contributed by atoms with Gasteiger partial charge in [0.25, 0.3) is 11.8 Å². The quantitative estimate of drug-likeness (QED) is 0.794. The second-order valence-corrected chi connectivity index (χ2v) is 4.25. The van der Waals surface area contributed by atoms with E-state index in [1.807, 2.05) is 0 Å². The summed E-state index contributed by atoms with van der Waals surface area (Å²) in [7, 11) is 0. The van der Waals surface area contributed by atoms with Crippen molar-refractivity contribution in [2.75, 3.05) is 6.61 Å². The molecule has 6 heteroatoms. The Morgan fingerprint density at radius 2 is 1.71 bits per heavy atom. The van der Waals surface area contributed by atoms with Crippen LogP contribution in [0.15, 0.2) is 34.8 Å². The van der Waals surface area contributed by atoms with Crippen molar-refractivity contribution in [1.29, 1.82) is 0 Å². The Morgan fingerprint density at radius 1 is 1.18 bits per heavy atom. The first-order chi connectivity index (χ1) is 8.11. The number of imide groups is 1. The second-order valence-electron chi connectivity index (χ2n) is 3.24. The van der Waals surface area contributed by atoms with Crippen molar-refractivity contribution in [3.63, 3.8) is 0 Å². The summed E-state index contributed by atoms with van der Waals surface area (Å²) in [5, 5.41) is 0.706. The molecule has 2 amide bonds. The number of rotatable bonds is 3. The number of hydrogen-bond acceptors (Lipinski definition) is 3. The van der Waals surface area contributed by atoms with Gasteiger partial charge in [-0.25, -0.2) is 0 Å². The minimum Gasteiger partial charge on any atom is -0.266 e. The van der Waals surface area contributed by atoms with E-state index in [2.05, 4.69) is 0 Å². The summed E-state index contributed by atoms with van der Waals surface area (Å²) in [5.41, 5.74) is 0.664. The number of benzene rings is 1. The van der Waals surface area contributed by atoms with Crippen molar-refractivity contribution in [1.82, 2.24) is 5.06 Å². The largest absolute Gasteiger partial charge is 0.285 e. The van der Waals surface area contributed by atoms with E-state index >= 15 is 0 Å². The van der Waals surface area contributed by atoms with Gasteiger partial charge in [-0.1, -0.05) is 35.3 Å². The van der Waals surface area contributed by atoms with Gasteiger partial charge in [-0.15, -0.1) is 5.06 Å². The molecule has 1 heterocycles. The van der Waals surface area contributed by atoms with E-state index in [-0.39, 0.29) is 11.1 Å². The highest BCUT2D eigenvalue weighted by molar-refractivity contribution is 6.55. The predicted molar refractivity (Wildman–Crippen MR) is 62.7 cm³/mol. The van der Waals surface area contributed by atoms with Crippen LogP contribution in [0, 0.1) is 0 Å². The Bertz CT molecular complexity index is 474. The van der Waals surface area contributed by atoms with Gasteiger partial charge in [-0.3, -0.25) is 14.4 Å². The number of carbonyl (C=O) groups excluding carboxylic acids is 2. The topological polar surface area (TPSA) is 46.6 Å². The molecule has 1 aliphatic heterocycles. The number of halogens is 2. The van der Waals surface area contributed by atoms with Gasteiger partial charge in [0.15, 0.2) is 0 Å². The molecule has 0 spiro atoms. The van der Waals surface area contributed by atoms with Gasteiger partial charge < -0.3 is 0 Å². The number of amides is 2. The molecule has 0 fully saturated rings. The Hall–Kier alpha value is -1.36. The van der Waals surface area contributed by atoms with Crippen LogP contribution in [-0.2, 0) is 4.84 Å². The third kappa shape index (κ3) is 2.34. The Kier molecular flexibility index (Phi) is 3.47. The lowest BCUT2D eigenvalue weighted by molar-refractivity contribution is -0.0801. The summed E-state index contributed by atoms with van der Waals surface area (Å²) in [6.45, 7) is -0.0478. The third-order valence-electron chi connectivity index (χ3n) is 2.20. The molecule has 2 rings (SSSR count). The molecular formula is C11H7Cl2NO3. The minimum atomic E-state index is -0.482. The van der Waals surface area contributed by atoms with Crippen LogP contribution in [0.25, 0.3) is 0 Å². The molecule has 4 nitrogen and oxygen atoms in total. The van der Waals surface area contributed by atoms with Crippen LogP contribution in [-0.4, -0.2) is 23.5 Å². The first-order valence-electron chi connectivity index (χ1n) is 4.73. The molecule has 1 aromatic carbocycles. The van der Waals surface area contributed by atoms with Crippen molar-refractivity contribution >= 4 is 35.0 Å². The Morgan fingerprint density at radius 3 is 2.18 bits per heavy atom. The van der Waals surface area contributed by atoms with E-state index in [0.717, 1.165) is 0 Å². The maximum atomic E-state index is 11.8. The number of hydrogen-bond donors (Lipinski definition) is 0. The van der Waals surface area contributed by atoms with Gasteiger partial charge >= 0.3 is 0 Å². The van der Waals surface area contributed by atoms with Crippen LogP contribution in [0.2, 0.25) is 0 Å². The molecule has 1 aromatic rings. The molecule has 0 aromatic heterocycles. The standard InChI is InChI=1S/C11H7Cl2NO3/c12-9(13)5-6-17-14-10(15)7-3-1-2-4-8(7)11(14)16/h1-5H,6H2. The van der Waals surface area contributed by atoms with E-state index in [0.29, 0.717) is 16.2 Å². The van der Waals surface area contributed by atoms with Gasteiger partial charge in [-0.2, -0.15) is 0 Å². The number of nitrogens with zero attached hydrogens (tertiary/aromatic N) is 1. The van der Waals surface area contributed by atoms with Crippen LogP contribution < -0.4 is 0 Å². The summed E-state index contributed by atoms with van der Waals surface area (Å²) in [4.78, 5) is 28.6. The predicted octanol–water partition coefficient (Wildman–Crippen LogP) is 2.53. The molecule has 0 aliphatic carbocycles. The zero-order valence-electron chi connectivity index (χ0n) is 8.52. The van der Waals surface area contributed by atoms with Gasteiger partial charge in [-0.05, 0) is 18.2 Å². The highest BCUT2D eigenvalue weighted by atomic mass is 35.5. The van der Waals surface area contributed by atoms with E-state index in [1.54, 1.807) is 24.3 Å². The Labute approximate surface area is 107 Å². The lowest BCUT2D eigenvalue weighted by Crippen LogP contribution is -2.30. The van der Waals surface area contributed by atoms with E-state index < -0.39 is 11.8 Å². The van der Waals surface area contributed by atoms with Crippen molar-refractivity contribution in [2.45, 2.75) is 0 Å². The molecule has 0 unspecified atom stereocenters. The first-order valence-corrected chi connectivity index (χ1v) is 5.48. The summed E-state index contributed by atoms with van der Waals surface area (Å²) < 4.78 is 0.0154. The molecule has 0 saturated carbocycles. The number of carbonyl (C=O) groups is 2. The summed E-state index contributed by atoms with van der Waals surface area (Å²) in [5.74, 6) is -0.964. The Balaban J connectivity index is 2.16. The lowest BCUT2D eigenvalue weighted by Gasteiger charge is -2.11. The van der Waals surface area contributed by atoms with E-state index in [1.165, 1.54) is 6.08 Å². The van der Waals surface area contributed by atoms with Gasteiger partial charge in [0.1, 0.15) is 4.49 Å². The zero-order valence-corrected chi connectivity index (χ0v) is 10.0. The summed E-state index contributed by atoms with van der Waals surface area (Å²) in [6.07, 6.45) is 1.34.